The van der Waals surface area contributed by atoms with Gasteiger partial charge in [-0.15, -0.1) is 0 Å². The number of unbranched alkanes of at least 4 members (excludes halogenated alkanes) is 35. The fourth-order valence-electron chi connectivity index (χ4n) is 8.58. The van der Waals surface area contributed by atoms with Gasteiger partial charge >= 0.3 is 5.97 Å². The predicted molar refractivity (Wildman–Crippen MR) is 289 cm³/mol. The lowest BCUT2D eigenvalue weighted by molar-refractivity contribution is -0.870. The quantitative estimate of drug-likeness (QED) is 0.0212. The van der Waals surface area contributed by atoms with Crippen LogP contribution < -0.4 is 10.2 Å². The van der Waals surface area contributed by atoms with Crippen LogP contribution in [0, 0.1) is 0 Å². The van der Waals surface area contributed by atoms with E-state index in [0.29, 0.717) is 23.9 Å². The van der Waals surface area contributed by atoms with Crippen molar-refractivity contribution in [2.75, 3.05) is 40.9 Å². The summed E-state index contributed by atoms with van der Waals surface area (Å²) in [5.74, 6) is -0.547. The Morgan fingerprint density at radius 3 is 1.26 bits per heavy atom. The van der Waals surface area contributed by atoms with Gasteiger partial charge in [0.1, 0.15) is 19.3 Å². The molecule has 0 rings (SSSR count). The Hall–Kier alpha value is -1.51. The Bertz CT molecular complexity index is 1220. The van der Waals surface area contributed by atoms with Crippen molar-refractivity contribution in [1.82, 2.24) is 5.32 Å². The number of carbonyl (C=O) groups excluding carboxylic acids is 2. The van der Waals surface area contributed by atoms with Gasteiger partial charge in [0, 0.05) is 12.8 Å². The van der Waals surface area contributed by atoms with Gasteiger partial charge in [0.25, 0.3) is 7.82 Å². The summed E-state index contributed by atoms with van der Waals surface area (Å²) in [7, 11) is 1.19. The zero-order valence-corrected chi connectivity index (χ0v) is 46.7. The molecule has 0 saturated heterocycles. The first-order valence-electron chi connectivity index (χ1n) is 29.1. The normalized spacial score (nSPS) is 13.9. The van der Waals surface area contributed by atoms with E-state index in [1.807, 2.05) is 33.3 Å². The Morgan fingerprint density at radius 1 is 0.500 bits per heavy atom. The van der Waals surface area contributed by atoms with Crippen molar-refractivity contribution in [3.63, 3.8) is 0 Å². The van der Waals surface area contributed by atoms with Crippen LogP contribution in [0.1, 0.15) is 284 Å². The van der Waals surface area contributed by atoms with Crippen LogP contribution in [0.5, 0.6) is 0 Å². The van der Waals surface area contributed by atoms with E-state index in [9.17, 15) is 19.0 Å². The lowest BCUT2D eigenvalue weighted by Crippen LogP contribution is -2.47. The number of rotatable bonds is 53. The highest BCUT2D eigenvalue weighted by molar-refractivity contribution is 7.45. The zero-order chi connectivity index (χ0) is 50.1. The maximum Gasteiger partial charge on any atom is 0.306 e. The van der Waals surface area contributed by atoms with Crippen molar-refractivity contribution in [3.05, 3.63) is 24.3 Å². The SMILES string of the molecule is CCCCCCCCC/C=C\CCCCCC(=O)OC(/C=C/CCCCCCCCCCCC)C(COP(=O)([O-])OCC[N+](C)(C)C)NC(=O)CCCCCCCCCCCCCCCCCC. The molecule has 10 heteroatoms. The lowest BCUT2D eigenvalue weighted by atomic mass is 10.0. The maximum atomic E-state index is 13.5. The summed E-state index contributed by atoms with van der Waals surface area (Å²) >= 11 is 0. The predicted octanol–water partition coefficient (Wildman–Crippen LogP) is 16.8. The summed E-state index contributed by atoms with van der Waals surface area (Å²) in [5, 5.41) is 3.02. The van der Waals surface area contributed by atoms with Crippen LogP contribution in [0.25, 0.3) is 0 Å². The van der Waals surface area contributed by atoms with Gasteiger partial charge in [0.15, 0.2) is 0 Å². The Morgan fingerprint density at radius 2 is 0.853 bits per heavy atom. The van der Waals surface area contributed by atoms with Gasteiger partial charge in [0.2, 0.25) is 5.91 Å². The highest BCUT2D eigenvalue weighted by atomic mass is 31.2. The summed E-state index contributed by atoms with van der Waals surface area (Å²) in [4.78, 5) is 39.8. The Balaban J connectivity index is 5.33. The molecule has 0 saturated carbocycles. The number of allylic oxidation sites excluding steroid dienone is 3. The maximum absolute atomic E-state index is 13.5. The molecule has 0 aliphatic rings. The summed E-state index contributed by atoms with van der Waals surface area (Å²) in [6.07, 6.45) is 55.6. The molecule has 1 N–H and O–H groups in total. The van der Waals surface area contributed by atoms with Gasteiger partial charge in [-0.25, -0.2) is 0 Å². The van der Waals surface area contributed by atoms with E-state index in [4.69, 9.17) is 13.8 Å². The Kier molecular flexibility index (Phi) is 48.0. The molecule has 1 amide bonds. The topological polar surface area (TPSA) is 114 Å². The van der Waals surface area contributed by atoms with Crippen LogP contribution in [-0.2, 0) is 27.9 Å². The molecule has 0 bridgehead atoms. The van der Waals surface area contributed by atoms with E-state index < -0.39 is 20.0 Å². The zero-order valence-electron chi connectivity index (χ0n) is 45.8. The number of esters is 1. The van der Waals surface area contributed by atoms with Crippen molar-refractivity contribution >= 4 is 19.7 Å². The van der Waals surface area contributed by atoms with E-state index >= 15 is 0 Å². The third-order valence-electron chi connectivity index (χ3n) is 13.1. The third kappa shape index (κ3) is 49.5. The van der Waals surface area contributed by atoms with Crippen LogP contribution in [0.4, 0.5) is 0 Å². The molecule has 3 unspecified atom stereocenters. The Labute approximate surface area is 422 Å². The number of nitrogens with one attached hydrogen (secondary N) is 1. The van der Waals surface area contributed by atoms with E-state index in [0.717, 1.165) is 64.2 Å². The van der Waals surface area contributed by atoms with Crippen LogP contribution in [-0.4, -0.2) is 69.4 Å². The average molecular weight is 982 g/mol. The first-order valence-corrected chi connectivity index (χ1v) is 30.6. The van der Waals surface area contributed by atoms with Gasteiger partial charge < -0.3 is 28.5 Å². The number of phosphoric ester groups is 1. The molecule has 3 atom stereocenters. The molecule has 0 aromatic carbocycles. The third-order valence-corrected chi connectivity index (χ3v) is 14.1. The molecule has 0 aromatic heterocycles. The van der Waals surface area contributed by atoms with E-state index in [1.54, 1.807) is 0 Å². The van der Waals surface area contributed by atoms with Gasteiger partial charge in [-0.1, -0.05) is 238 Å². The molecule has 0 aliphatic heterocycles. The number of hydrogen-bond donors (Lipinski definition) is 1. The summed E-state index contributed by atoms with van der Waals surface area (Å²) < 4.78 is 30.2. The van der Waals surface area contributed by atoms with Crippen LogP contribution in [0.15, 0.2) is 24.3 Å². The van der Waals surface area contributed by atoms with E-state index in [2.05, 4.69) is 38.2 Å². The van der Waals surface area contributed by atoms with Crippen LogP contribution in [0.3, 0.4) is 0 Å². The lowest BCUT2D eigenvalue weighted by Gasteiger charge is -2.30. The molecular weight excluding hydrogens is 868 g/mol. The van der Waals surface area contributed by atoms with Crippen molar-refractivity contribution < 1.29 is 37.3 Å². The number of phosphoric acid groups is 1. The van der Waals surface area contributed by atoms with Gasteiger partial charge in [-0.2, -0.15) is 0 Å². The number of carbonyl (C=O) groups is 2. The molecule has 0 spiro atoms. The van der Waals surface area contributed by atoms with Crippen molar-refractivity contribution in [2.45, 2.75) is 296 Å². The largest absolute Gasteiger partial charge is 0.756 e. The molecule has 0 fully saturated rings. The van der Waals surface area contributed by atoms with Gasteiger partial charge in [0.05, 0.1) is 33.8 Å². The standard InChI is InChI=1S/C58H113N2O7P/c1-7-10-13-16-19-22-25-28-30-31-32-35-38-41-44-47-50-57(61)59-55(54-66-68(63,64)65-53-52-60(4,5)6)56(49-46-43-40-37-34-27-24-21-18-15-12-9-3)67-58(62)51-48-45-42-39-36-33-29-26-23-20-17-14-11-8-2/h33,36,46,49,55-56H,7-32,34-35,37-45,47-48,50-54H2,1-6H3,(H-,59,61,63,64)/b36-33-,49-46+. The molecule has 0 aromatic rings. The molecule has 0 radical (unpaired) electrons. The monoisotopic (exact) mass is 981 g/mol. The van der Waals surface area contributed by atoms with Gasteiger partial charge in [-0.3, -0.25) is 14.2 Å². The molecule has 0 aliphatic carbocycles. The first-order chi connectivity index (χ1) is 32.9. The summed E-state index contributed by atoms with van der Waals surface area (Å²) in [6.45, 7) is 6.85. The molecule has 402 valence electrons. The minimum atomic E-state index is -4.69. The fourth-order valence-corrected chi connectivity index (χ4v) is 9.30. The fraction of sp³-hybridized carbons (Fsp3) is 0.897. The minimum absolute atomic E-state index is 0.0211. The molecular formula is C58H113N2O7P. The second-order valence-electron chi connectivity index (χ2n) is 21.2. The van der Waals surface area contributed by atoms with Crippen molar-refractivity contribution in [2.24, 2.45) is 0 Å². The van der Waals surface area contributed by atoms with Crippen molar-refractivity contribution in [3.8, 4) is 0 Å². The van der Waals surface area contributed by atoms with Gasteiger partial charge in [-0.05, 0) is 57.4 Å². The molecule has 0 heterocycles. The molecule has 68 heavy (non-hydrogen) atoms. The smallest absolute Gasteiger partial charge is 0.306 e. The molecule has 9 nitrogen and oxygen atoms in total. The van der Waals surface area contributed by atoms with E-state index in [1.165, 1.54) is 180 Å². The highest BCUT2D eigenvalue weighted by Gasteiger charge is 2.27. The average Bonchev–Trinajstić information content (AvgIpc) is 3.29. The van der Waals surface area contributed by atoms with E-state index in [-0.39, 0.29) is 31.5 Å². The number of hydrogen-bond acceptors (Lipinski definition) is 7. The second-order valence-corrected chi connectivity index (χ2v) is 22.6. The first kappa shape index (κ1) is 66.5. The van der Waals surface area contributed by atoms with Crippen molar-refractivity contribution in [1.29, 1.82) is 0 Å². The summed E-state index contributed by atoms with van der Waals surface area (Å²) in [6, 6.07) is -0.887. The van der Waals surface area contributed by atoms with Crippen LogP contribution in [0.2, 0.25) is 0 Å². The number of likely N-dealkylation sites (N-methyl/N-ethyl adjacent to an activating group) is 1. The number of quaternary nitrogens is 1. The number of amides is 1. The summed E-state index contributed by atoms with van der Waals surface area (Å²) in [5.41, 5.74) is 0. The van der Waals surface area contributed by atoms with Crippen LogP contribution >= 0.6 is 7.82 Å². The number of ether oxygens (including phenoxy) is 1. The minimum Gasteiger partial charge on any atom is -0.756 e. The second kappa shape index (κ2) is 49.1. The highest BCUT2D eigenvalue weighted by Crippen LogP contribution is 2.38. The number of nitrogens with zero attached hydrogens (tertiary/aromatic N) is 1.